The van der Waals surface area contributed by atoms with Crippen molar-refractivity contribution >= 4 is 0 Å². The highest BCUT2D eigenvalue weighted by molar-refractivity contribution is 5.18. The van der Waals surface area contributed by atoms with Crippen molar-refractivity contribution in [3.8, 4) is 5.88 Å². The minimum absolute atomic E-state index is 0.108. The molecule has 0 radical (unpaired) electrons. The largest absolute Gasteiger partial charge is 0.481 e. The molecule has 0 saturated carbocycles. The first kappa shape index (κ1) is 13.9. The smallest absolute Gasteiger partial charge is 0.212 e. The molecule has 0 aliphatic heterocycles. The molecular formula is C12H21N3O2. The molecule has 1 heterocycles. The predicted molar refractivity (Wildman–Crippen MR) is 66.7 cm³/mol. The summed E-state index contributed by atoms with van der Waals surface area (Å²) in [6, 6.07) is 3.93. The first-order valence-corrected chi connectivity index (χ1v) is 5.83. The lowest BCUT2D eigenvalue weighted by molar-refractivity contribution is 0.112. The molecule has 0 aliphatic carbocycles. The van der Waals surface area contributed by atoms with Crippen LogP contribution in [0.3, 0.4) is 0 Å². The van der Waals surface area contributed by atoms with Gasteiger partial charge in [0, 0.05) is 24.9 Å². The molecule has 1 aromatic heterocycles. The van der Waals surface area contributed by atoms with Crippen molar-refractivity contribution in [1.82, 2.24) is 10.4 Å². The number of methoxy groups -OCH3 is 1. The number of rotatable bonds is 8. The zero-order chi connectivity index (χ0) is 12.5. The maximum atomic E-state index is 5.48. The average Bonchev–Trinajstić information content (AvgIpc) is 2.38. The lowest BCUT2D eigenvalue weighted by atomic mass is 10.1. The predicted octanol–water partition coefficient (Wildman–Crippen LogP) is 0.891. The van der Waals surface area contributed by atoms with Gasteiger partial charge in [0.2, 0.25) is 5.88 Å². The Balaban J connectivity index is 2.43. The van der Waals surface area contributed by atoms with Gasteiger partial charge in [0.25, 0.3) is 0 Å². The lowest BCUT2D eigenvalue weighted by Gasteiger charge is -2.15. The quantitative estimate of drug-likeness (QED) is 0.400. The molecule has 3 N–H and O–H groups in total. The van der Waals surface area contributed by atoms with Crippen LogP contribution in [0.15, 0.2) is 18.3 Å². The van der Waals surface area contributed by atoms with Gasteiger partial charge in [-0.05, 0) is 18.4 Å². The Hall–Kier alpha value is -1.17. The van der Waals surface area contributed by atoms with Gasteiger partial charge in [-0.25, -0.2) is 4.98 Å². The van der Waals surface area contributed by atoms with Crippen LogP contribution in [0.25, 0.3) is 0 Å². The van der Waals surface area contributed by atoms with E-state index in [9.17, 15) is 0 Å². The number of aromatic nitrogens is 1. The maximum Gasteiger partial charge on any atom is 0.212 e. The van der Waals surface area contributed by atoms with E-state index in [0.29, 0.717) is 12.5 Å². The maximum absolute atomic E-state index is 5.48. The molecule has 5 heteroatoms. The summed E-state index contributed by atoms with van der Waals surface area (Å²) in [6.07, 6.45) is 3.60. The topological polar surface area (TPSA) is 69.4 Å². The molecule has 0 aliphatic rings. The van der Waals surface area contributed by atoms with Gasteiger partial charge in [-0.1, -0.05) is 13.0 Å². The molecule has 17 heavy (non-hydrogen) atoms. The van der Waals surface area contributed by atoms with Crippen LogP contribution in [0, 0.1) is 0 Å². The average molecular weight is 239 g/mol. The summed E-state index contributed by atoms with van der Waals surface area (Å²) in [5.74, 6) is 6.10. The van der Waals surface area contributed by atoms with Gasteiger partial charge in [0.15, 0.2) is 0 Å². The van der Waals surface area contributed by atoms with E-state index in [1.807, 2.05) is 12.1 Å². The van der Waals surface area contributed by atoms with E-state index in [1.54, 1.807) is 13.3 Å². The highest BCUT2D eigenvalue weighted by Crippen LogP contribution is 2.08. The van der Waals surface area contributed by atoms with Gasteiger partial charge in [0.05, 0.1) is 13.7 Å². The van der Waals surface area contributed by atoms with Gasteiger partial charge in [0.1, 0.15) is 0 Å². The number of nitrogens with two attached hydrogens (primary N) is 1. The van der Waals surface area contributed by atoms with E-state index in [4.69, 9.17) is 15.3 Å². The van der Waals surface area contributed by atoms with E-state index < -0.39 is 0 Å². The minimum Gasteiger partial charge on any atom is -0.481 e. The molecule has 0 amide bonds. The SMILES string of the molecule is CCCOCC(Cc1ccc(OC)nc1)NN. The summed E-state index contributed by atoms with van der Waals surface area (Å²) >= 11 is 0. The summed E-state index contributed by atoms with van der Waals surface area (Å²) in [5, 5.41) is 0. The molecule has 0 aromatic carbocycles. The summed E-state index contributed by atoms with van der Waals surface area (Å²) in [7, 11) is 1.60. The Morgan fingerprint density at radius 2 is 2.29 bits per heavy atom. The molecule has 5 nitrogen and oxygen atoms in total. The van der Waals surface area contributed by atoms with Crippen molar-refractivity contribution in [2.45, 2.75) is 25.8 Å². The Kier molecular flexibility index (Phi) is 6.54. The molecular weight excluding hydrogens is 218 g/mol. The first-order chi connectivity index (χ1) is 8.30. The molecule has 1 atom stereocenters. The highest BCUT2D eigenvalue weighted by Gasteiger charge is 2.08. The lowest BCUT2D eigenvalue weighted by Crippen LogP contribution is -2.40. The summed E-state index contributed by atoms with van der Waals surface area (Å²) < 4.78 is 10.5. The van der Waals surface area contributed by atoms with Gasteiger partial charge in [-0.2, -0.15) is 0 Å². The van der Waals surface area contributed by atoms with Crippen molar-refractivity contribution in [2.75, 3.05) is 20.3 Å². The molecule has 96 valence electrons. The van der Waals surface area contributed by atoms with Crippen LogP contribution in [-0.2, 0) is 11.2 Å². The summed E-state index contributed by atoms with van der Waals surface area (Å²) in [6.45, 7) is 3.45. The Labute approximate surface area is 102 Å². The summed E-state index contributed by atoms with van der Waals surface area (Å²) in [4.78, 5) is 4.15. The third-order valence-corrected chi connectivity index (χ3v) is 2.39. The van der Waals surface area contributed by atoms with Crippen LogP contribution in [0.5, 0.6) is 5.88 Å². The second-order valence-electron chi connectivity index (χ2n) is 3.85. The van der Waals surface area contributed by atoms with Crippen LogP contribution < -0.4 is 16.0 Å². The fourth-order valence-corrected chi connectivity index (χ4v) is 1.47. The van der Waals surface area contributed by atoms with E-state index in [2.05, 4.69) is 17.3 Å². The number of ether oxygens (including phenoxy) is 2. The van der Waals surface area contributed by atoms with Crippen LogP contribution in [0.2, 0.25) is 0 Å². The number of nitrogens with zero attached hydrogens (tertiary/aromatic N) is 1. The monoisotopic (exact) mass is 239 g/mol. The van der Waals surface area contributed by atoms with Crippen LogP contribution >= 0.6 is 0 Å². The Bertz CT molecular complexity index is 303. The molecule has 0 spiro atoms. The Morgan fingerprint density at radius 3 is 2.82 bits per heavy atom. The molecule has 1 rings (SSSR count). The summed E-state index contributed by atoms with van der Waals surface area (Å²) in [5.41, 5.74) is 3.86. The van der Waals surface area contributed by atoms with Gasteiger partial charge >= 0.3 is 0 Å². The van der Waals surface area contributed by atoms with E-state index in [1.165, 1.54) is 0 Å². The number of nitrogens with one attached hydrogen (secondary N) is 1. The van der Waals surface area contributed by atoms with E-state index in [-0.39, 0.29) is 6.04 Å². The van der Waals surface area contributed by atoms with Gasteiger partial charge < -0.3 is 9.47 Å². The van der Waals surface area contributed by atoms with E-state index in [0.717, 1.165) is 25.0 Å². The van der Waals surface area contributed by atoms with Crippen molar-refractivity contribution < 1.29 is 9.47 Å². The highest BCUT2D eigenvalue weighted by atomic mass is 16.5. The Morgan fingerprint density at radius 1 is 1.47 bits per heavy atom. The normalized spacial score (nSPS) is 12.4. The van der Waals surface area contributed by atoms with Gasteiger partial charge in [-0.15, -0.1) is 0 Å². The molecule has 0 fully saturated rings. The standard InChI is InChI=1S/C12H21N3O2/c1-3-6-17-9-11(15-13)7-10-4-5-12(16-2)14-8-10/h4-5,8,11,15H,3,6-7,9,13H2,1-2H3. The number of hydrazine groups is 1. The second-order valence-corrected chi connectivity index (χ2v) is 3.85. The molecule has 0 saturated heterocycles. The van der Waals surface area contributed by atoms with Crippen molar-refractivity contribution in [3.05, 3.63) is 23.9 Å². The second kappa shape index (κ2) is 8.00. The third-order valence-electron chi connectivity index (χ3n) is 2.39. The number of pyridine rings is 1. The fourth-order valence-electron chi connectivity index (χ4n) is 1.47. The molecule has 1 aromatic rings. The van der Waals surface area contributed by atoms with Crippen LogP contribution in [-0.4, -0.2) is 31.3 Å². The first-order valence-electron chi connectivity index (χ1n) is 5.83. The zero-order valence-electron chi connectivity index (χ0n) is 10.5. The minimum atomic E-state index is 0.108. The van der Waals surface area contributed by atoms with Crippen molar-refractivity contribution in [3.63, 3.8) is 0 Å². The van der Waals surface area contributed by atoms with Crippen LogP contribution in [0.4, 0.5) is 0 Å². The third kappa shape index (κ3) is 5.12. The van der Waals surface area contributed by atoms with Crippen molar-refractivity contribution in [1.29, 1.82) is 0 Å². The number of hydrogen-bond acceptors (Lipinski definition) is 5. The zero-order valence-corrected chi connectivity index (χ0v) is 10.5. The molecule has 1 unspecified atom stereocenters. The fraction of sp³-hybridized carbons (Fsp3) is 0.583. The van der Waals surface area contributed by atoms with Crippen molar-refractivity contribution in [2.24, 2.45) is 5.84 Å². The van der Waals surface area contributed by atoms with E-state index >= 15 is 0 Å². The number of hydrogen-bond donors (Lipinski definition) is 2. The van der Waals surface area contributed by atoms with Gasteiger partial charge in [-0.3, -0.25) is 11.3 Å². The van der Waals surface area contributed by atoms with Crippen LogP contribution in [0.1, 0.15) is 18.9 Å². The molecule has 0 bridgehead atoms.